The molecule has 0 N–H and O–H groups in total. The van der Waals surface area contributed by atoms with Crippen LogP contribution in [0.15, 0.2) is 24.8 Å². The molecule has 1 saturated heterocycles. The molecule has 4 heteroatoms. The summed E-state index contributed by atoms with van der Waals surface area (Å²) in [5, 5.41) is 0. The third kappa shape index (κ3) is 1.14. The first-order chi connectivity index (χ1) is 6.75. The minimum absolute atomic E-state index is 0.0979. The first-order valence-electron chi connectivity index (χ1n) is 4.63. The molecule has 2 aliphatic rings. The monoisotopic (exact) mass is 192 g/mol. The van der Waals surface area contributed by atoms with Gasteiger partial charge in [0.1, 0.15) is 6.04 Å². The zero-order valence-electron chi connectivity index (χ0n) is 7.85. The van der Waals surface area contributed by atoms with Crippen LogP contribution in [0.25, 0.3) is 0 Å². The van der Waals surface area contributed by atoms with Gasteiger partial charge < -0.3 is 4.90 Å². The third-order valence-corrected chi connectivity index (χ3v) is 2.54. The highest BCUT2D eigenvalue weighted by Gasteiger charge is 2.44. The standard InChI is InChI=1S/C10H12N2O2/c1-2-6-12-9(13)8-5-3-4-7-11(8)10(12)14/h2-4,8H,1,5-7H2. The molecule has 2 aliphatic heterocycles. The van der Waals surface area contributed by atoms with Crippen molar-refractivity contribution in [2.45, 2.75) is 12.5 Å². The molecular weight excluding hydrogens is 180 g/mol. The first-order valence-corrected chi connectivity index (χ1v) is 4.63. The van der Waals surface area contributed by atoms with Crippen LogP contribution in [0.2, 0.25) is 0 Å². The van der Waals surface area contributed by atoms with Crippen LogP contribution in [0, 0.1) is 0 Å². The van der Waals surface area contributed by atoms with Crippen LogP contribution in [-0.2, 0) is 4.79 Å². The summed E-state index contributed by atoms with van der Waals surface area (Å²) < 4.78 is 0. The van der Waals surface area contributed by atoms with Crippen molar-refractivity contribution in [3.05, 3.63) is 24.8 Å². The number of nitrogens with zero attached hydrogens (tertiary/aromatic N) is 2. The maximum atomic E-state index is 11.7. The molecule has 0 bridgehead atoms. The predicted octanol–water partition coefficient (Wildman–Crippen LogP) is 0.765. The molecule has 3 amide bonds. The van der Waals surface area contributed by atoms with E-state index in [4.69, 9.17) is 0 Å². The van der Waals surface area contributed by atoms with Crippen LogP contribution >= 0.6 is 0 Å². The second kappa shape index (κ2) is 3.29. The van der Waals surface area contributed by atoms with E-state index in [0.717, 1.165) is 0 Å². The molecule has 0 spiro atoms. The summed E-state index contributed by atoms with van der Waals surface area (Å²) in [5.41, 5.74) is 0. The Balaban J connectivity index is 2.23. The zero-order chi connectivity index (χ0) is 10.1. The van der Waals surface area contributed by atoms with Gasteiger partial charge in [0, 0.05) is 13.1 Å². The summed E-state index contributed by atoms with van der Waals surface area (Å²) in [5.74, 6) is -0.0979. The maximum absolute atomic E-state index is 11.7. The second-order valence-corrected chi connectivity index (χ2v) is 3.40. The van der Waals surface area contributed by atoms with E-state index in [1.54, 1.807) is 11.0 Å². The van der Waals surface area contributed by atoms with E-state index >= 15 is 0 Å². The Hall–Kier alpha value is -1.58. The van der Waals surface area contributed by atoms with E-state index in [-0.39, 0.29) is 18.0 Å². The SMILES string of the molecule is C=CCN1C(=O)C2CC=CCN2C1=O. The molecule has 0 aromatic heterocycles. The second-order valence-electron chi connectivity index (χ2n) is 3.40. The molecule has 0 saturated carbocycles. The van der Waals surface area contributed by atoms with Gasteiger partial charge in [-0.1, -0.05) is 18.2 Å². The van der Waals surface area contributed by atoms with Gasteiger partial charge in [-0.25, -0.2) is 4.79 Å². The Bertz CT molecular complexity index is 296. The van der Waals surface area contributed by atoms with Crippen LogP contribution in [0.5, 0.6) is 0 Å². The van der Waals surface area contributed by atoms with Gasteiger partial charge in [0.2, 0.25) is 0 Å². The van der Waals surface area contributed by atoms with Crippen molar-refractivity contribution in [3.63, 3.8) is 0 Å². The lowest BCUT2D eigenvalue weighted by Gasteiger charge is -2.21. The topological polar surface area (TPSA) is 40.6 Å². The molecule has 0 aromatic carbocycles. The maximum Gasteiger partial charge on any atom is 0.328 e. The third-order valence-electron chi connectivity index (χ3n) is 2.54. The summed E-state index contributed by atoms with van der Waals surface area (Å²) >= 11 is 0. The van der Waals surface area contributed by atoms with Crippen LogP contribution in [0.3, 0.4) is 0 Å². The molecule has 4 nitrogen and oxygen atoms in total. The number of imide groups is 1. The van der Waals surface area contributed by atoms with E-state index in [1.807, 2.05) is 12.2 Å². The van der Waals surface area contributed by atoms with Gasteiger partial charge in [-0.15, -0.1) is 6.58 Å². The van der Waals surface area contributed by atoms with Gasteiger partial charge >= 0.3 is 6.03 Å². The minimum atomic E-state index is -0.271. The van der Waals surface area contributed by atoms with Crippen LogP contribution in [0.4, 0.5) is 4.79 Å². The highest BCUT2D eigenvalue weighted by atomic mass is 16.2. The predicted molar refractivity (Wildman–Crippen MR) is 51.6 cm³/mol. The van der Waals surface area contributed by atoms with Gasteiger partial charge in [0.05, 0.1) is 0 Å². The molecule has 0 aliphatic carbocycles. The number of urea groups is 1. The van der Waals surface area contributed by atoms with Crippen LogP contribution < -0.4 is 0 Å². The van der Waals surface area contributed by atoms with E-state index < -0.39 is 0 Å². The Morgan fingerprint density at radius 2 is 2.29 bits per heavy atom. The summed E-state index contributed by atoms with van der Waals surface area (Å²) in [6.07, 6.45) is 6.07. The largest absolute Gasteiger partial charge is 0.328 e. The number of hydrogen-bond acceptors (Lipinski definition) is 2. The lowest BCUT2D eigenvalue weighted by atomic mass is 10.1. The minimum Gasteiger partial charge on any atom is -0.308 e. The molecule has 1 fully saturated rings. The molecule has 2 heterocycles. The fraction of sp³-hybridized carbons (Fsp3) is 0.400. The number of carbonyl (C=O) groups excluding carboxylic acids is 2. The fourth-order valence-corrected chi connectivity index (χ4v) is 1.84. The van der Waals surface area contributed by atoms with Gasteiger partial charge in [-0.3, -0.25) is 9.69 Å². The van der Waals surface area contributed by atoms with E-state index in [2.05, 4.69) is 6.58 Å². The quantitative estimate of drug-likeness (QED) is 0.479. The van der Waals surface area contributed by atoms with E-state index in [0.29, 0.717) is 19.5 Å². The Kier molecular flexibility index (Phi) is 2.11. The summed E-state index contributed by atoms with van der Waals surface area (Å²) in [7, 11) is 0. The Morgan fingerprint density at radius 3 is 2.93 bits per heavy atom. The molecule has 74 valence electrons. The molecule has 2 rings (SSSR count). The summed E-state index contributed by atoms with van der Waals surface area (Å²) in [6.45, 7) is 4.38. The van der Waals surface area contributed by atoms with Gasteiger partial charge in [-0.2, -0.15) is 0 Å². The van der Waals surface area contributed by atoms with Crippen LogP contribution in [-0.4, -0.2) is 40.9 Å². The van der Waals surface area contributed by atoms with Gasteiger partial charge in [0.25, 0.3) is 5.91 Å². The molecule has 0 radical (unpaired) electrons. The molecule has 1 atom stereocenters. The number of fused-ring (bicyclic) bond motifs is 1. The normalized spacial score (nSPS) is 25.6. The highest BCUT2D eigenvalue weighted by Crippen LogP contribution is 2.22. The Morgan fingerprint density at radius 1 is 1.50 bits per heavy atom. The van der Waals surface area contributed by atoms with E-state index in [9.17, 15) is 9.59 Å². The number of rotatable bonds is 2. The van der Waals surface area contributed by atoms with Gasteiger partial charge in [-0.05, 0) is 6.42 Å². The highest BCUT2D eigenvalue weighted by molar-refractivity contribution is 6.04. The van der Waals surface area contributed by atoms with Crippen molar-refractivity contribution in [3.8, 4) is 0 Å². The number of hydrogen-bond donors (Lipinski definition) is 0. The van der Waals surface area contributed by atoms with E-state index in [1.165, 1.54) is 4.90 Å². The number of amides is 3. The van der Waals surface area contributed by atoms with Crippen molar-refractivity contribution < 1.29 is 9.59 Å². The Labute approximate surface area is 82.5 Å². The average molecular weight is 192 g/mol. The molecule has 1 unspecified atom stereocenters. The lowest BCUT2D eigenvalue weighted by Crippen LogP contribution is -2.36. The van der Waals surface area contributed by atoms with Crippen molar-refractivity contribution in [1.82, 2.24) is 9.80 Å². The molecule has 14 heavy (non-hydrogen) atoms. The summed E-state index contributed by atoms with van der Waals surface area (Å²) in [4.78, 5) is 26.3. The first kappa shape index (κ1) is 8.99. The smallest absolute Gasteiger partial charge is 0.308 e. The molecular formula is C10H12N2O2. The number of carbonyl (C=O) groups is 2. The van der Waals surface area contributed by atoms with Crippen molar-refractivity contribution in [2.75, 3.05) is 13.1 Å². The molecule has 0 aromatic rings. The summed E-state index contributed by atoms with van der Waals surface area (Å²) in [6, 6.07) is -0.461. The zero-order valence-corrected chi connectivity index (χ0v) is 7.85. The average Bonchev–Trinajstić information content (AvgIpc) is 2.45. The van der Waals surface area contributed by atoms with Gasteiger partial charge in [0.15, 0.2) is 0 Å². The lowest BCUT2D eigenvalue weighted by molar-refractivity contribution is -0.127. The fourth-order valence-electron chi connectivity index (χ4n) is 1.84. The van der Waals surface area contributed by atoms with Crippen LogP contribution in [0.1, 0.15) is 6.42 Å². The van der Waals surface area contributed by atoms with Crippen molar-refractivity contribution >= 4 is 11.9 Å². The van der Waals surface area contributed by atoms with Crippen molar-refractivity contribution in [2.24, 2.45) is 0 Å². The van der Waals surface area contributed by atoms with Crippen molar-refractivity contribution in [1.29, 1.82) is 0 Å².